The molecule has 8 heteroatoms. The summed E-state index contributed by atoms with van der Waals surface area (Å²) in [6.07, 6.45) is 0. The van der Waals surface area contributed by atoms with Crippen molar-refractivity contribution < 1.29 is 14.6 Å². The highest BCUT2D eigenvalue weighted by Gasteiger charge is 2.12. The molecule has 0 saturated carbocycles. The van der Waals surface area contributed by atoms with Crippen molar-refractivity contribution in [2.45, 2.75) is 13.5 Å². The third-order valence-electron chi connectivity index (χ3n) is 2.51. The molecule has 0 saturated heterocycles. The van der Waals surface area contributed by atoms with Gasteiger partial charge in [-0.1, -0.05) is 0 Å². The van der Waals surface area contributed by atoms with Crippen LogP contribution in [0.4, 0.5) is 11.6 Å². The number of nitrogen functional groups attached to an aromatic ring is 1. The fourth-order valence-corrected chi connectivity index (χ4v) is 1.64. The van der Waals surface area contributed by atoms with E-state index in [0.717, 1.165) is 0 Å². The molecule has 0 aliphatic rings. The molecule has 0 atom stereocenters. The molecule has 0 aliphatic carbocycles. The monoisotopic (exact) mass is 277 g/mol. The van der Waals surface area contributed by atoms with Gasteiger partial charge in [-0.3, -0.25) is 9.89 Å². The number of ether oxygens (including phenoxy) is 1. The SMILES string of the molecule is CCOc1ccc(NC(=O)c2nc(N)n[nH]2)cc1CO. The molecule has 5 N–H and O–H groups in total. The summed E-state index contributed by atoms with van der Waals surface area (Å²) in [4.78, 5) is 15.6. The number of aliphatic hydroxyl groups excluding tert-OH is 1. The number of anilines is 2. The lowest BCUT2D eigenvalue weighted by atomic mass is 10.2. The Morgan fingerprint density at radius 2 is 2.35 bits per heavy atom. The van der Waals surface area contributed by atoms with Crippen LogP contribution in [0.3, 0.4) is 0 Å². The topological polar surface area (TPSA) is 126 Å². The molecule has 1 heterocycles. The van der Waals surface area contributed by atoms with E-state index in [1.165, 1.54) is 0 Å². The molecule has 2 aromatic rings. The first-order valence-corrected chi connectivity index (χ1v) is 5.99. The Hall–Kier alpha value is -2.61. The van der Waals surface area contributed by atoms with Crippen molar-refractivity contribution in [2.24, 2.45) is 0 Å². The predicted octanol–water partition coefficient (Wildman–Crippen LogP) is 0.530. The fourth-order valence-electron chi connectivity index (χ4n) is 1.64. The van der Waals surface area contributed by atoms with Crippen LogP contribution in [0.15, 0.2) is 18.2 Å². The lowest BCUT2D eigenvalue weighted by Gasteiger charge is -2.10. The van der Waals surface area contributed by atoms with Crippen LogP contribution in [0.5, 0.6) is 5.75 Å². The van der Waals surface area contributed by atoms with Crippen LogP contribution in [-0.4, -0.2) is 32.8 Å². The highest BCUT2D eigenvalue weighted by atomic mass is 16.5. The second-order valence-electron chi connectivity index (χ2n) is 3.91. The van der Waals surface area contributed by atoms with Crippen LogP contribution in [0.1, 0.15) is 23.1 Å². The number of hydrogen-bond donors (Lipinski definition) is 4. The molecule has 0 radical (unpaired) electrons. The molecule has 0 aliphatic heterocycles. The minimum Gasteiger partial charge on any atom is -0.494 e. The number of hydrogen-bond acceptors (Lipinski definition) is 6. The highest BCUT2D eigenvalue weighted by molar-refractivity contribution is 6.01. The molecule has 106 valence electrons. The number of rotatable bonds is 5. The van der Waals surface area contributed by atoms with Crippen LogP contribution < -0.4 is 15.8 Å². The van der Waals surface area contributed by atoms with Gasteiger partial charge in [-0.25, -0.2) is 0 Å². The number of nitrogens with zero attached hydrogens (tertiary/aromatic N) is 2. The molecular weight excluding hydrogens is 262 g/mol. The van der Waals surface area contributed by atoms with E-state index in [2.05, 4.69) is 20.5 Å². The zero-order valence-corrected chi connectivity index (χ0v) is 10.9. The van der Waals surface area contributed by atoms with E-state index in [1.807, 2.05) is 6.92 Å². The van der Waals surface area contributed by atoms with Crippen molar-refractivity contribution in [2.75, 3.05) is 17.7 Å². The predicted molar refractivity (Wildman–Crippen MR) is 72.3 cm³/mol. The third-order valence-corrected chi connectivity index (χ3v) is 2.51. The standard InChI is InChI=1S/C12H15N5O3/c1-2-20-9-4-3-8(5-7(9)6-18)14-11(19)10-15-12(13)17-16-10/h3-5,18H,2,6H2,1H3,(H,14,19)(H3,13,15,16,17). The van der Waals surface area contributed by atoms with Crippen molar-refractivity contribution in [3.63, 3.8) is 0 Å². The van der Waals surface area contributed by atoms with Gasteiger partial charge in [-0.2, -0.15) is 4.98 Å². The largest absolute Gasteiger partial charge is 0.494 e. The normalized spacial score (nSPS) is 10.3. The van der Waals surface area contributed by atoms with Crippen molar-refractivity contribution in [1.29, 1.82) is 0 Å². The van der Waals surface area contributed by atoms with Gasteiger partial charge < -0.3 is 20.9 Å². The zero-order valence-electron chi connectivity index (χ0n) is 10.9. The molecule has 2 rings (SSSR count). The van der Waals surface area contributed by atoms with Gasteiger partial charge in [-0.15, -0.1) is 5.10 Å². The number of aliphatic hydroxyl groups is 1. The number of carbonyl (C=O) groups excluding carboxylic acids is 1. The first-order chi connectivity index (χ1) is 9.63. The number of H-pyrrole nitrogens is 1. The van der Waals surface area contributed by atoms with E-state index in [1.54, 1.807) is 18.2 Å². The average Bonchev–Trinajstić information content (AvgIpc) is 2.87. The average molecular weight is 277 g/mol. The molecule has 1 amide bonds. The summed E-state index contributed by atoms with van der Waals surface area (Å²) in [5.41, 5.74) is 6.42. The second kappa shape index (κ2) is 6.02. The van der Waals surface area contributed by atoms with Crippen molar-refractivity contribution in [3.05, 3.63) is 29.6 Å². The summed E-state index contributed by atoms with van der Waals surface area (Å²) in [5, 5.41) is 17.9. The number of amides is 1. The molecule has 0 bridgehead atoms. The van der Waals surface area contributed by atoms with E-state index in [9.17, 15) is 9.90 Å². The fraction of sp³-hybridized carbons (Fsp3) is 0.250. The maximum Gasteiger partial charge on any atom is 0.293 e. The quantitative estimate of drug-likeness (QED) is 0.631. The molecule has 8 nitrogen and oxygen atoms in total. The van der Waals surface area contributed by atoms with Crippen molar-refractivity contribution in [1.82, 2.24) is 15.2 Å². The minimum atomic E-state index is -0.470. The minimum absolute atomic E-state index is 0.00195. The van der Waals surface area contributed by atoms with Crippen molar-refractivity contribution in [3.8, 4) is 5.75 Å². The van der Waals surface area contributed by atoms with Crippen LogP contribution in [-0.2, 0) is 6.61 Å². The Bertz CT molecular complexity index is 611. The van der Waals surface area contributed by atoms with Gasteiger partial charge in [-0.05, 0) is 25.1 Å². The van der Waals surface area contributed by atoms with Gasteiger partial charge in [0.25, 0.3) is 5.91 Å². The highest BCUT2D eigenvalue weighted by Crippen LogP contribution is 2.23. The summed E-state index contributed by atoms with van der Waals surface area (Å²) in [7, 11) is 0. The smallest absolute Gasteiger partial charge is 0.293 e. The van der Waals surface area contributed by atoms with Gasteiger partial charge in [0.15, 0.2) is 0 Å². The van der Waals surface area contributed by atoms with Crippen LogP contribution >= 0.6 is 0 Å². The van der Waals surface area contributed by atoms with Gasteiger partial charge in [0.1, 0.15) is 5.75 Å². The molecule has 0 unspecified atom stereocenters. The van der Waals surface area contributed by atoms with Crippen molar-refractivity contribution >= 4 is 17.5 Å². The summed E-state index contributed by atoms with van der Waals surface area (Å²) in [6, 6.07) is 4.98. The Morgan fingerprint density at radius 3 is 2.95 bits per heavy atom. The lowest BCUT2D eigenvalue weighted by molar-refractivity contribution is 0.101. The van der Waals surface area contributed by atoms with Crippen LogP contribution in [0.2, 0.25) is 0 Å². The third kappa shape index (κ3) is 3.04. The summed E-state index contributed by atoms with van der Waals surface area (Å²) >= 11 is 0. The number of aromatic amines is 1. The van der Waals surface area contributed by atoms with Crippen LogP contribution in [0, 0.1) is 0 Å². The van der Waals surface area contributed by atoms with Gasteiger partial charge in [0.05, 0.1) is 13.2 Å². The molecule has 1 aromatic carbocycles. The van der Waals surface area contributed by atoms with E-state index >= 15 is 0 Å². The Morgan fingerprint density at radius 1 is 1.55 bits per heavy atom. The molecule has 0 fully saturated rings. The summed E-state index contributed by atoms with van der Waals surface area (Å²) < 4.78 is 5.36. The first kappa shape index (κ1) is 13.8. The number of benzene rings is 1. The van der Waals surface area contributed by atoms with Gasteiger partial charge in [0.2, 0.25) is 11.8 Å². The maximum absolute atomic E-state index is 11.8. The van der Waals surface area contributed by atoms with E-state index in [0.29, 0.717) is 23.6 Å². The van der Waals surface area contributed by atoms with E-state index in [4.69, 9.17) is 10.5 Å². The van der Waals surface area contributed by atoms with Gasteiger partial charge in [0, 0.05) is 11.3 Å². The molecule has 20 heavy (non-hydrogen) atoms. The van der Waals surface area contributed by atoms with E-state index < -0.39 is 5.91 Å². The molecular formula is C12H15N5O3. The van der Waals surface area contributed by atoms with Gasteiger partial charge >= 0.3 is 0 Å². The number of carbonyl (C=O) groups is 1. The number of aromatic nitrogens is 3. The number of nitrogens with one attached hydrogen (secondary N) is 2. The lowest BCUT2D eigenvalue weighted by Crippen LogP contribution is -2.14. The number of nitrogens with two attached hydrogens (primary N) is 1. The molecule has 0 spiro atoms. The Labute approximate surface area is 115 Å². The zero-order chi connectivity index (χ0) is 14.5. The summed E-state index contributed by atoms with van der Waals surface area (Å²) in [6.45, 7) is 2.16. The second-order valence-corrected chi connectivity index (χ2v) is 3.91. The Kier molecular flexibility index (Phi) is 4.16. The maximum atomic E-state index is 11.8. The summed E-state index contributed by atoms with van der Waals surface area (Å²) in [5.74, 6) is 0.124. The Balaban J connectivity index is 2.15. The van der Waals surface area contributed by atoms with E-state index in [-0.39, 0.29) is 18.4 Å². The first-order valence-electron chi connectivity index (χ1n) is 5.99. The van der Waals surface area contributed by atoms with Crippen LogP contribution in [0.25, 0.3) is 0 Å². The molecule has 1 aromatic heterocycles.